The van der Waals surface area contributed by atoms with Gasteiger partial charge in [-0.3, -0.25) is 15.1 Å². The smallest absolute Gasteiger partial charge is 0.413 e. The second-order valence-corrected chi connectivity index (χ2v) is 7.55. The van der Waals surface area contributed by atoms with Crippen molar-refractivity contribution in [1.82, 2.24) is 15.4 Å². The monoisotopic (exact) mass is 454 g/mol. The minimum absolute atomic E-state index is 0.0882. The molecule has 0 aliphatic rings. The second kappa shape index (κ2) is 9.79. The van der Waals surface area contributed by atoms with Crippen molar-refractivity contribution >= 4 is 50.3 Å². The van der Waals surface area contributed by atoms with E-state index in [2.05, 4.69) is 15.7 Å². The van der Waals surface area contributed by atoms with Gasteiger partial charge in [0.05, 0.1) is 16.8 Å². The topological polar surface area (TPSA) is 83.6 Å². The number of carbonyl (C=O) groups is 2. The third kappa shape index (κ3) is 5.62. The number of halogens is 3. The second-order valence-electron chi connectivity index (χ2n) is 6.11. The number of thiazole rings is 1. The third-order valence-corrected chi connectivity index (χ3v) is 5.29. The van der Waals surface area contributed by atoms with Crippen LogP contribution in [0, 0.1) is 11.6 Å². The Morgan fingerprint density at radius 3 is 2.70 bits per heavy atom. The normalized spacial score (nSPS) is 10.8. The maximum absolute atomic E-state index is 13.3. The van der Waals surface area contributed by atoms with E-state index in [1.807, 2.05) is 12.1 Å². The SMILES string of the molecule is CC(=O)N(CCOC(=O)Nc1nc2cc(F)c(F)cc2s1)NCc1ccccc1Cl. The number of nitrogens with zero attached hydrogens (tertiary/aromatic N) is 2. The number of ether oxygens (including phenoxy) is 1. The van der Waals surface area contributed by atoms with E-state index in [0.29, 0.717) is 16.3 Å². The van der Waals surface area contributed by atoms with Gasteiger partial charge in [0.15, 0.2) is 16.8 Å². The fraction of sp³-hybridized carbons (Fsp3) is 0.211. The van der Waals surface area contributed by atoms with E-state index in [9.17, 15) is 18.4 Å². The lowest BCUT2D eigenvalue weighted by molar-refractivity contribution is -0.132. The lowest BCUT2D eigenvalue weighted by atomic mass is 10.2. The van der Waals surface area contributed by atoms with Gasteiger partial charge in [0.1, 0.15) is 6.61 Å². The molecular formula is C19H17ClF2N4O3S. The highest BCUT2D eigenvalue weighted by molar-refractivity contribution is 7.22. The Labute approximate surface area is 179 Å². The number of hydrogen-bond donors (Lipinski definition) is 2. The van der Waals surface area contributed by atoms with Gasteiger partial charge in [-0.2, -0.15) is 0 Å². The summed E-state index contributed by atoms with van der Waals surface area (Å²) >= 11 is 7.07. The number of fused-ring (bicyclic) bond motifs is 1. The zero-order chi connectivity index (χ0) is 21.7. The first-order valence-corrected chi connectivity index (χ1v) is 9.97. The summed E-state index contributed by atoms with van der Waals surface area (Å²) in [5.74, 6) is -2.27. The van der Waals surface area contributed by atoms with Crippen LogP contribution in [0.25, 0.3) is 10.2 Å². The van der Waals surface area contributed by atoms with Gasteiger partial charge in [0.2, 0.25) is 5.91 Å². The summed E-state index contributed by atoms with van der Waals surface area (Å²) in [6.07, 6.45) is -0.801. The van der Waals surface area contributed by atoms with Crippen molar-refractivity contribution < 1.29 is 23.1 Å². The molecule has 0 radical (unpaired) electrons. The van der Waals surface area contributed by atoms with Crippen molar-refractivity contribution in [3.63, 3.8) is 0 Å². The number of carbonyl (C=O) groups excluding carboxylic acids is 2. The van der Waals surface area contributed by atoms with Crippen LogP contribution in [0.4, 0.5) is 18.7 Å². The summed E-state index contributed by atoms with van der Waals surface area (Å²) in [4.78, 5) is 27.7. The van der Waals surface area contributed by atoms with Gasteiger partial charge in [0.25, 0.3) is 0 Å². The summed E-state index contributed by atoms with van der Waals surface area (Å²) < 4.78 is 32.0. The zero-order valence-corrected chi connectivity index (χ0v) is 17.3. The molecule has 0 bridgehead atoms. The maximum atomic E-state index is 13.3. The van der Waals surface area contributed by atoms with Crippen LogP contribution >= 0.6 is 22.9 Å². The van der Waals surface area contributed by atoms with Gasteiger partial charge in [0, 0.05) is 24.6 Å². The number of aromatic nitrogens is 1. The van der Waals surface area contributed by atoms with E-state index in [-0.39, 0.29) is 29.7 Å². The average molecular weight is 455 g/mol. The van der Waals surface area contributed by atoms with Gasteiger partial charge < -0.3 is 4.74 Å². The first kappa shape index (κ1) is 21.9. The van der Waals surface area contributed by atoms with Crippen molar-refractivity contribution in [2.24, 2.45) is 0 Å². The van der Waals surface area contributed by atoms with Crippen LogP contribution in [0.3, 0.4) is 0 Å². The summed E-state index contributed by atoms with van der Waals surface area (Å²) in [6.45, 7) is 1.71. The first-order valence-electron chi connectivity index (χ1n) is 8.78. The van der Waals surface area contributed by atoms with E-state index in [4.69, 9.17) is 16.3 Å². The van der Waals surface area contributed by atoms with E-state index in [1.54, 1.807) is 12.1 Å². The van der Waals surface area contributed by atoms with Crippen LogP contribution < -0.4 is 10.7 Å². The minimum Gasteiger partial charge on any atom is -0.447 e. The Hall–Kier alpha value is -2.82. The van der Waals surface area contributed by atoms with Crippen LogP contribution in [0.1, 0.15) is 12.5 Å². The molecule has 0 saturated heterocycles. The Bertz CT molecular complexity index is 1040. The highest BCUT2D eigenvalue weighted by Gasteiger charge is 2.14. The van der Waals surface area contributed by atoms with Crippen molar-refractivity contribution in [3.05, 3.63) is 58.6 Å². The molecule has 0 aliphatic carbocycles. The molecule has 0 saturated carbocycles. The highest BCUT2D eigenvalue weighted by Crippen LogP contribution is 2.27. The van der Waals surface area contributed by atoms with Crippen LogP contribution in [-0.2, 0) is 16.1 Å². The molecule has 0 spiro atoms. The lowest BCUT2D eigenvalue weighted by Crippen LogP contribution is -2.43. The van der Waals surface area contributed by atoms with Crippen molar-refractivity contribution in [2.45, 2.75) is 13.5 Å². The fourth-order valence-electron chi connectivity index (χ4n) is 2.50. The number of amides is 2. The molecule has 158 valence electrons. The van der Waals surface area contributed by atoms with Crippen LogP contribution in [0.15, 0.2) is 36.4 Å². The summed E-state index contributed by atoms with van der Waals surface area (Å²) in [5.41, 5.74) is 3.97. The molecule has 2 aromatic carbocycles. The molecule has 2 amide bonds. The fourth-order valence-corrected chi connectivity index (χ4v) is 3.56. The first-order chi connectivity index (χ1) is 14.3. The molecule has 2 N–H and O–H groups in total. The van der Waals surface area contributed by atoms with Crippen LogP contribution in [0.2, 0.25) is 5.02 Å². The number of anilines is 1. The summed E-state index contributed by atoms with van der Waals surface area (Å²) in [5, 5.41) is 4.41. The molecule has 0 fully saturated rings. The third-order valence-electron chi connectivity index (χ3n) is 3.99. The Morgan fingerprint density at radius 2 is 1.97 bits per heavy atom. The molecule has 0 unspecified atom stereocenters. The maximum Gasteiger partial charge on any atom is 0.413 e. The van der Waals surface area contributed by atoms with Crippen LogP contribution in [-0.4, -0.2) is 35.1 Å². The molecular weight excluding hydrogens is 438 g/mol. The van der Waals surface area contributed by atoms with Crippen molar-refractivity contribution in [1.29, 1.82) is 0 Å². The minimum atomic E-state index is -1.02. The number of rotatable bonds is 7. The van der Waals surface area contributed by atoms with Gasteiger partial charge >= 0.3 is 6.09 Å². The summed E-state index contributed by atoms with van der Waals surface area (Å²) in [7, 11) is 0. The van der Waals surface area contributed by atoms with E-state index >= 15 is 0 Å². The molecule has 0 aliphatic heterocycles. The highest BCUT2D eigenvalue weighted by atomic mass is 35.5. The predicted molar refractivity (Wildman–Crippen MR) is 110 cm³/mol. The lowest BCUT2D eigenvalue weighted by Gasteiger charge is -2.22. The zero-order valence-electron chi connectivity index (χ0n) is 15.7. The van der Waals surface area contributed by atoms with E-state index < -0.39 is 17.7 Å². The van der Waals surface area contributed by atoms with Crippen LogP contribution in [0.5, 0.6) is 0 Å². The Balaban J connectivity index is 1.49. The number of nitrogens with one attached hydrogen (secondary N) is 2. The summed E-state index contributed by atoms with van der Waals surface area (Å²) in [6, 6.07) is 9.17. The Kier molecular flexibility index (Phi) is 7.14. The standard InChI is InChI=1S/C19H17ClF2N4O3S/c1-11(27)26(23-10-12-4-2-3-5-13(12)20)6-7-29-19(28)25-18-24-16-8-14(21)15(22)9-17(16)30-18/h2-5,8-9,23H,6-7,10H2,1H3,(H,24,25,28). The molecule has 11 heteroatoms. The van der Waals surface area contributed by atoms with Gasteiger partial charge in [-0.1, -0.05) is 41.1 Å². The van der Waals surface area contributed by atoms with Crippen molar-refractivity contribution in [2.75, 3.05) is 18.5 Å². The van der Waals surface area contributed by atoms with Crippen molar-refractivity contribution in [3.8, 4) is 0 Å². The molecule has 7 nitrogen and oxygen atoms in total. The number of hydrogen-bond acceptors (Lipinski definition) is 6. The number of benzene rings is 2. The molecule has 3 rings (SSSR count). The molecule has 3 aromatic rings. The largest absolute Gasteiger partial charge is 0.447 e. The van der Waals surface area contributed by atoms with Gasteiger partial charge in [-0.05, 0) is 17.7 Å². The van der Waals surface area contributed by atoms with E-state index in [1.165, 1.54) is 11.9 Å². The molecule has 30 heavy (non-hydrogen) atoms. The quantitative estimate of drug-likeness (QED) is 0.519. The van der Waals surface area contributed by atoms with Gasteiger partial charge in [-0.25, -0.2) is 24.0 Å². The van der Waals surface area contributed by atoms with E-state index in [0.717, 1.165) is 29.0 Å². The average Bonchev–Trinajstić information content (AvgIpc) is 3.06. The predicted octanol–water partition coefficient (Wildman–Crippen LogP) is 4.33. The molecule has 1 aromatic heterocycles. The van der Waals surface area contributed by atoms with Gasteiger partial charge in [-0.15, -0.1) is 0 Å². The molecule has 0 atom stereocenters. The number of hydrazine groups is 1. The Morgan fingerprint density at radius 1 is 1.23 bits per heavy atom. The molecule has 1 heterocycles.